The van der Waals surface area contributed by atoms with E-state index in [1.807, 2.05) is 24.3 Å². The number of benzene rings is 2. The van der Waals surface area contributed by atoms with Gasteiger partial charge < -0.3 is 30.5 Å². The molecule has 7 nitrogen and oxygen atoms in total. The number of para-hydroxylation sites is 4. The van der Waals surface area contributed by atoms with Crippen LogP contribution in [0.1, 0.15) is 6.42 Å². The van der Waals surface area contributed by atoms with Crippen molar-refractivity contribution in [1.82, 2.24) is 10.6 Å². The first kappa shape index (κ1) is 18.0. The van der Waals surface area contributed by atoms with Gasteiger partial charge in [-0.25, -0.2) is 4.79 Å². The van der Waals surface area contributed by atoms with Crippen molar-refractivity contribution in [2.24, 2.45) is 0 Å². The van der Waals surface area contributed by atoms with Crippen molar-refractivity contribution < 1.29 is 19.4 Å². The second-order valence-electron chi connectivity index (χ2n) is 6.01. The minimum atomic E-state index is -0.554. The minimum absolute atomic E-state index is 0.328. The van der Waals surface area contributed by atoms with Crippen molar-refractivity contribution in [3.63, 3.8) is 0 Å². The number of carbonyl (C=O) groups excluding carboxylic acids is 1. The van der Waals surface area contributed by atoms with Crippen molar-refractivity contribution in [1.29, 1.82) is 0 Å². The maximum absolute atomic E-state index is 12.3. The highest BCUT2D eigenvalue weighted by Gasteiger charge is 2.24. The van der Waals surface area contributed by atoms with Crippen LogP contribution in [0.4, 0.5) is 10.5 Å². The second kappa shape index (κ2) is 8.55. The highest BCUT2D eigenvalue weighted by atomic mass is 16.5. The molecule has 0 radical (unpaired) electrons. The van der Waals surface area contributed by atoms with Crippen LogP contribution in [-0.4, -0.2) is 43.5 Å². The van der Waals surface area contributed by atoms with Crippen molar-refractivity contribution in [2.75, 3.05) is 25.5 Å². The molecule has 138 valence electrons. The molecule has 0 aromatic heterocycles. The van der Waals surface area contributed by atoms with Gasteiger partial charge in [-0.15, -0.1) is 0 Å². The van der Waals surface area contributed by atoms with Gasteiger partial charge in [0.25, 0.3) is 0 Å². The molecule has 1 saturated heterocycles. The number of methoxy groups -OCH3 is 1. The lowest BCUT2D eigenvalue weighted by Gasteiger charge is -2.29. The normalized spacial score (nSPS) is 19.5. The third-order valence-electron chi connectivity index (χ3n) is 4.19. The summed E-state index contributed by atoms with van der Waals surface area (Å²) >= 11 is 0. The highest BCUT2D eigenvalue weighted by molar-refractivity contribution is 5.91. The summed E-state index contributed by atoms with van der Waals surface area (Å²) in [5, 5.41) is 18.7. The summed E-state index contributed by atoms with van der Waals surface area (Å²) in [6.45, 7) is 1.28. The summed E-state index contributed by atoms with van der Waals surface area (Å²) < 4.78 is 11.2. The van der Waals surface area contributed by atoms with E-state index in [1.54, 1.807) is 31.4 Å². The number of ether oxygens (including phenoxy) is 2. The Morgan fingerprint density at radius 2 is 1.81 bits per heavy atom. The predicted molar refractivity (Wildman–Crippen MR) is 98.9 cm³/mol. The number of hydrogen-bond acceptors (Lipinski definition) is 5. The Hall–Kier alpha value is -2.77. The molecule has 2 atom stereocenters. The lowest BCUT2D eigenvalue weighted by molar-refractivity contribution is 0.103. The van der Waals surface area contributed by atoms with Gasteiger partial charge in [0.1, 0.15) is 0 Å². The topological polar surface area (TPSA) is 91.9 Å². The quantitative estimate of drug-likeness (QED) is 0.659. The molecule has 0 spiro atoms. The zero-order valence-corrected chi connectivity index (χ0v) is 14.6. The fraction of sp³-hybridized carbons (Fsp3) is 0.316. The Kier molecular flexibility index (Phi) is 5.93. The van der Waals surface area contributed by atoms with E-state index in [2.05, 4.69) is 16.0 Å². The predicted octanol–water partition coefficient (Wildman–Crippen LogP) is 2.33. The SMILES string of the molecule is COc1ccccc1Oc1ccccc1NC(=O)N[C@@H]1CNCC[C@H]1O. The monoisotopic (exact) mass is 357 g/mol. The first-order valence-corrected chi connectivity index (χ1v) is 8.53. The number of rotatable bonds is 5. The van der Waals surface area contributed by atoms with Crippen LogP contribution in [0.2, 0.25) is 0 Å². The highest BCUT2D eigenvalue weighted by Crippen LogP contribution is 2.34. The number of nitrogens with one attached hydrogen (secondary N) is 3. The molecule has 1 aliphatic heterocycles. The van der Waals surface area contributed by atoms with Crippen LogP contribution in [-0.2, 0) is 0 Å². The lowest BCUT2D eigenvalue weighted by atomic mass is 10.0. The Morgan fingerprint density at radius 3 is 2.54 bits per heavy atom. The molecule has 3 rings (SSSR count). The molecule has 2 aromatic rings. The number of hydrogen-bond donors (Lipinski definition) is 4. The standard InChI is InChI=1S/C19H23N3O4/c1-25-17-8-4-5-9-18(17)26-16-7-3-2-6-13(16)21-19(24)22-14-12-20-11-10-15(14)23/h2-9,14-15,20,23H,10-12H2,1H3,(H2,21,22,24)/t14-,15-/m1/s1. The van der Waals surface area contributed by atoms with Crippen LogP contribution < -0.4 is 25.4 Å². The summed E-state index contributed by atoms with van der Waals surface area (Å²) in [7, 11) is 1.57. The van der Waals surface area contributed by atoms with Crippen LogP contribution >= 0.6 is 0 Å². The Morgan fingerprint density at radius 1 is 1.12 bits per heavy atom. The van der Waals surface area contributed by atoms with Gasteiger partial charge >= 0.3 is 6.03 Å². The number of piperidine rings is 1. The van der Waals surface area contributed by atoms with E-state index in [4.69, 9.17) is 9.47 Å². The number of aliphatic hydroxyl groups excluding tert-OH is 1. The zero-order valence-electron chi connectivity index (χ0n) is 14.6. The summed E-state index contributed by atoms with van der Waals surface area (Å²) in [6.07, 6.45) is 0.0559. The summed E-state index contributed by atoms with van der Waals surface area (Å²) in [6, 6.07) is 13.7. The minimum Gasteiger partial charge on any atom is -0.493 e. The largest absolute Gasteiger partial charge is 0.493 e. The summed E-state index contributed by atoms with van der Waals surface area (Å²) in [5.41, 5.74) is 0.522. The van der Waals surface area contributed by atoms with Gasteiger partial charge in [-0.3, -0.25) is 0 Å². The van der Waals surface area contributed by atoms with Crippen molar-refractivity contribution >= 4 is 11.7 Å². The number of carbonyl (C=O) groups is 1. The van der Waals surface area contributed by atoms with Gasteiger partial charge in [-0.05, 0) is 37.2 Å². The van der Waals surface area contributed by atoms with Gasteiger partial charge in [0.15, 0.2) is 17.2 Å². The average Bonchev–Trinajstić information content (AvgIpc) is 2.65. The van der Waals surface area contributed by atoms with E-state index < -0.39 is 12.1 Å². The molecule has 2 aromatic carbocycles. The molecular formula is C19H23N3O4. The zero-order chi connectivity index (χ0) is 18.4. The first-order chi connectivity index (χ1) is 12.7. The number of urea groups is 1. The molecule has 0 bridgehead atoms. The Balaban J connectivity index is 1.69. The van der Waals surface area contributed by atoms with Gasteiger partial charge in [0.05, 0.1) is 24.9 Å². The Labute approximate surface area is 152 Å². The van der Waals surface area contributed by atoms with Gasteiger partial charge in [-0.1, -0.05) is 24.3 Å². The van der Waals surface area contributed by atoms with Gasteiger partial charge in [0, 0.05) is 6.54 Å². The number of anilines is 1. The second-order valence-corrected chi connectivity index (χ2v) is 6.01. The maximum atomic E-state index is 12.3. The summed E-state index contributed by atoms with van der Waals surface area (Å²) in [5.74, 6) is 1.65. The molecule has 1 aliphatic rings. The van der Waals surface area contributed by atoms with Gasteiger partial charge in [-0.2, -0.15) is 0 Å². The number of amides is 2. The molecule has 0 unspecified atom stereocenters. The van der Waals surface area contributed by atoms with Crippen LogP contribution in [0.25, 0.3) is 0 Å². The van der Waals surface area contributed by atoms with Crippen LogP contribution in [0, 0.1) is 0 Å². The molecule has 0 saturated carbocycles. The Bertz CT molecular complexity index is 753. The van der Waals surface area contributed by atoms with E-state index in [1.165, 1.54) is 0 Å². The van der Waals surface area contributed by atoms with E-state index in [9.17, 15) is 9.90 Å². The van der Waals surface area contributed by atoms with E-state index in [0.717, 1.165) is 6.54 Å². The smallest absolute Gasteiger partial charge is 0.319 e. The van der Waals surface area contributed by atoms with Crippen molar-refractivity contribution in [2.45, 2.75) is 18.6 Å². The van der Waals surface area contributed by atoms with Crippen molar-refractivity contribution in [3.8, 4) is 17.2 Å². The maximum Gasteiger partial charge on any atom is 0.319 e. The van der Waals surface area contributed by atoms with Crippen molar-refractivity contribution in [3.05, 3.63) is 48.5 Å². The molecule has 2 amide bonds. The molecule has 4 N–H and O–H groups in total. The summed E-state index contributed by atoms with van der Waals surface area (Å²) in [4.78, 5) is 12.3. The number of aliphatic hydroxyl groups is 1. The third kappa shape index (κ3) is 4.44. The molecule has 7 heteroatoms. The molecule has 1 fully saturated rings. The van der Waals surface area contributed by atoms with Gasteiger partial charge in [0.2, 0.25) is 0 Å². The molecular weight excluding hydrogens is 334 g/mol. The van der Waals surface area contributed by atoms with Crippen LogP contribution in [0.3, 0.4) is 0 Å². The molecule has 26 heavy (non-hydrogen) atoms. The fourth-order valence-electron chi connectivity index (χ4n) is 2.80. The molecule has 0 aliphatic carbocycles. The lowest BCUT2D eigenvalue weighted by Crippen LogP contribution is -2.54. The molecule has 1 heterocycles. The third-order valence-corrected chi connectivity index (χ3v) is 4.19. The van der Waals surface area contributed by atoms with E-state index in [-0.39, 0.29) is 6.04 Å². The average molecular weight is 357 g/mol. The van der Waals surface area contributed by atoms with E-state index >= 15 is 0 Å². The fourth-order valence-corrected chi connectivity index (χ4v) is 2.80. The van der Waals surface area contributed by atoms with Crippen LogP contribution in [0.5, 0.6) is 17.2 Å². The van der Waals surface area contributed by atoms with E-state index in [0.29, 0.717) is 35.9 Å². The first-order valence-electron chi connectivity index (χ1n) is 8.53. The van der Waals surface area contributed by atoms with Crippen LogP contribution in [0.15, 0.2) is 48.5 Å².